The Hall–Kier alpha value is -7.86. The summed E-state index contributed by atoms with van der Waals surface area (Å²) in [5.74, 6) is 0. The summed E-state index contributed by atoms with van der Waals surface area (Å²) < 4.78 is 6.96. The van der Waals surface area contributed by atoms with Gasteiger partial charge in [0.05, 0.1) is 57.6 Å². The van der Waals surface area contributed by atoms with E-state index in [9.17, 15) is 0 Å². The van der Waals surface area contributed by atoms with Gasteiger partial charge < -0.3 is 13.7 Å². The van der Waals surface area contributed by atoms with E-state index in [2.05, 4.69) is 157 Å². The molecule has 5 heteroatoms. The predicted molar refractivity (Wildman–Crippen MR) is 227 cm³/mol. The molecular weight excluding hydrogens is 671 g/mol. The van der Waals surface area contributed by atoms with Crippen LogP contribution in [0.15, 0.2) is 176 Å². The molecule has 0 N–H and O–H groups in total. The van der Waals surface area contributed by atoms with E-state index in [1.54, 1.807) is 0 Å². The number of aromatic nitrogens is 3. The molecule has 0 aliphatic carbocycles. The van der Waals surface area contributed by atoms with Gasteiger partial charge in [-0.3, -0.25) is 0 Å². The molecule has 55 heavy (non-hydrogen) atoms. The minimum atomic E-state index is 0.561. The second-order valence-corrected chi connectivity index (χ2v) is 13.9. The number of rotatable bonds is 4. The van der Waals surface area contributed by atoms with E-state index < -0.39 is 0 Å². The molecule has 8 aromatic carbocycles. The van der Waals surface area contributed by atoms with Crippen LogP contribution in [0.5, 0.6) is 0 Å². The van der Waals surface area contributed by atoms with Crippen LogP contribution in [0, 0.1) is 13.1 Å². The smallest absolute Gasteiger partial charge is 0.211 e. The van der Waals surface area contributed by atoms with Crippen LogP contribution in [-0.2, 0) is 0 Å². The highest BCUT2D eigenvalue weighted by Crippen LogP contribution is 2.44. The first-order valence-electron chi connectivity index (χ1n) is 18.3. The Kier molecular flexibility index (Phi) is 6.61. The first-order chi connectivity index (χ1) is 27.2. The van der Waals surface area contributed by atoms with Crippen LogP contribution in [-0.4, -0.2) is 13.7 Å². The Morgan fingerprint density at radius 3 is 1.44 bits per heavy atom. The first kappa shape index (κ1) is 30.7. The molecule has 0 radical (unpaired) electrons. The van der Waals surface area contributed by atoms with E-state index in [4.69, 9.17) is 13.1 Å². The molecule has 0 aliphatic rings. The van der Waals surface area contributed by atoms with Crippen molar-refractivity contribution in [2.45, 2.75) is 0 Å². The third-order valence-electron chi connectivity index (χ3n) is 11.1. The molecule has 3 aromatic heterocycles. The highest BCUT2D eigenvalue weighted by atomic mass is 15.1. The summed E-state index contributed by atoms with van der Waals surface area (Å²) in [6, 6.07) is 61.1. The summed E-state index contributed by atoms with van der Waals surface area (Å²) in [5, 5.41) is 6.85. The van der Waals surface area contributed by atoms with Gasteiger partial charge in [0.25, 0.3) is 0 Å². The molecule has 0 fully saturated rings. The molecule has 0 bridgehead atoms. The Labute approximate surface area is 316 Å². The lowest BCUT2D eigenvalue weighted by atomic mass is 10.00. The van der Waals surface area contributed by atoms with Crippen molar-refractivity contribution in [3.05, 3.63) is 199 Å². The highest BCUT2D eigenvalue weighted by molar-refractivity contribution is 6.16. The van der Waals surface area contributed by atoms with Gasteiger partial charge in [-0.25, -0.2) is 9.69 Å². The quantitative estimate of drug-likeness (QED) is 0.163. The van der Waals surface area contributed by atoms with Crippen molar-refractivity contribution < 1.29 is 0 Å². The molecule has 254 valence electrons. The average molecular weight is 700 g/mol. The summed E-state index contributed by atoms with van der Waals surface area (Å²) in [4.78, 5) is 8.04. The largest absolute Gasteiger partial charge is 0.318 e. The summed E-state index contributed by atoms with van der Waals surface area (Å²) in [6.45, 7) is 16.5. The molecular formula is C50H29N5. The highest BCUT2D eigenvalue weighted by Gasteiger charge is 2.22. The van der Waals surface area contributed by atoms with Crippen molar-refractivity contribution in [2.24, 2.45) is 0 Å². The fourth-order valence-corrected chi connectivity index (χ4v) is 8.84. The summed E-state index contributed by atoms with van der Waals surface area (Å²) >= 11 is 0. The lowest BCUT2D eigenvalue weighted by molar-refractivity contribution is 1.13. The third kappa shape index (κ3) is 4.33. The summed E-state index contributed by atoms with van der Waals surface area (Å²) in [6.07, 6.45) is 0. The normalized spacial score (nSPS) is 11.6. The average Bonchev–Trinajstić information content (AvgIpc) is 3.89. The molecule has 3 heterocycles. The molecule has 0 saturated heterocycles. The third-order valence-corrected chi connectivity index (χ3v) is 11.1. The van der Waals surface area contributed by atoms with Crippen LogP contribution in [0.4, 0.5) is 11.4 Å². The SMILES string of the molecule is [C-]#[N+]c1ccc(-n2c3ccccc3c3cccc(-n4c5ccccc5c5ccccc54)c32)cc1-c1ccccc1-n1c2ccccc2c2cccc([N+]#[C-])c21. The van der Waals surface area contributed by atoms with Crippen molar-refractivity contribution in [2.75, 3.05) is 0 Å². The first-order valence-corrected chi connectivity index (χ1v) is 18.3. The van der Waals surface area contributed by atoms with Crippen LogP contribution in [0.1, 0.15) is 0 Å². The minimum Gasteiger partial charge on any atom is -0.318 e. The van der Waals surface area contributed by atoms with Gasteiger partial charge in [-0.2, -0.15) is 0 Å². The van der Waals surface area contributed by atoms with E-state index >= 15 is 0 Å². The molecule has 0 unspecified atom stereocenters. The van der Waals surface area contributed by atoms with Gasteiger partial charge in [-0.05, 0) is 65.0 Å². The maximum atomic E-state index is 8.36. The molecule has 0 atom stereocenters. The number of hydrogen-bond acceptors (Lipinski definition) is 0. The Morgan fingerprint density at radius 2 is 0.800 bits per heavy atom. The van der Waals surface area contributed by atoms with Crippen LogP contribution < -0.4 is 0 Å². The van der Waals surface area contributed by atoms with Crippen LogP contribution in [0.25, 0.3) is 103 Å². The molecule has 0 spiro atoms. The van der Waals surface area contributed by atoms with Gasteiger partial charge in [0.15, 0.2) is 5.69 Å². The molecule has 11 rings (SSSR count). The Bertz CT molecular complexity index is 3420. The van der Waals surface area contributed by atoms with Gasteiger partial charge >= 0.3 is 0 Å². The topological polar surface area (TPSA) is 23.5 Å². The molecule has 0 aliphatic heterocycles. The zero-order chi connectivity index (χ0) is 36.6. The van der Waals surface area contributed by atoms with Crippen LogP contribution in [0.2, 0.25) is 0 Å². The standard InChI is InChI=1S/C50H29N5/c1-51-41-30-29-32(31-40(41)37-19-7-12-27-47(37)55-46-26-11-6-17-35(46)38-20-13-22-42(52-2)49(38)55)53-43-23-8-5-18-36(43)39-21-14-28-48(50(39)53)54-44-24-9-3-15-33(44)34-16-4-10-25-45(34)54/h3-31H. The number of fused-ring (bicyclic) bond motifs is 9. The monoisotopic (exact) mass is 699 g/mol. The van der Waals surface area contributed by atoms with Gasteiger partial charge in [0.1, 0.15) is 0 Å². The zero-order valence-corrected chi connectivity index (χ0v) is 29.5. The maximum absolute atomic E-state index is 8.36. The molecule has 0 saturated carbocycles. The molecule has 0 amide bonds. The Balaban J connectivity index is 1.23. The van der Waals surface area contributed by atoms with Crippen molar-refractivity contribution in [1.29, 1.82) is 0 Å². The van der Waals surface area contributed by atoms with Crippen molar-refractivity contribution in [3.8, 4) is 28.2 Å². The lowest BCUT2D eigenvalue weighted by Crippen LogP contribution is -2.01. The van der Waals surface area contributed by atoms with E-state index in [0.29, 0.717) is 11.4 Å². The lowest BCUT2D eigenvalue weighted by Gasteiger charge is -2.18. The number of nitrogens with zero attached hydrogens (tertiary/aromatic N) is 5. The fourth-order valence-electron chi connectivity index (χ4n) is 8.84. The summed E-state index contributed by atoms with van der Waals surface area (Å²) in [5.41, 5.74) is 12.2. The van der Waals surface area contributed by atoms with Crippen molar-refractivity contribution in [1.82, 2.24) is 13.7 Å². The molecule has 11 aromatic rings. The number of benzene rings is 8. The van der Waals surface area contributed by atoms with Gasteiger partial charge in [-0.1, -0.05) is 127 Å². The van der Waals surface area contributed by atoms with E-state index in [0.717, 1.165) is 82.8 Å². The fraction of sp³-hybridized carbons (Fsp3) is 0. The van der Waals surface area contributed by atoms with E-state index in [1.807, 2.05) is 42.5 Å². The van der Waals surface area contributed by atoms with Gasteiger partial charge in [-0.15, -0.1) is 0 Å². The number of hydrogen-bond donors (Lipinski definition) is 0. The summed E-state index contributed by atoms with van der Waals surface area (Å²) in [7, 11) is 0. The van der Waals surface area contributed by atoms with E-state index in [1.165, 1.54) is 10.8 Å². The zero-order valence-electron chi connectivity index (χ0n) is 29.5. The second kappa shape index (κ2) is 11.8. The van der Waals surface area contributed by atoms with Gasteiger partial charge in [0.2, 0.25) is 5.69 Å². The molecule has 5 nitrogen and oxygen atoms in total. The number of para-hydroxylation sites is 7. The van der Waals surface area contributed by atoms with Gasteiger partial charge in [0, 0.05) is 32.6 Å². The van der Waals surface area contributed by atoms with Crippen molar-refractivity contribution in [3.63, 3.8) is 0 Å². The minimum absolute atomic E-state index is 0.561. The van der Waals surface area contributed by atoms with Crippen molar-refractivity contribution >= 4 is 76.8 Å². The van der Waals surface area contributed by atoms with Crippen LogP contribution >= 0.6 is 0 Å². The maximum Gasteiger partial charge on any atom is 0.211 e. The Morgan fingerprint density at radius 1 is 0.327 bits per heavy atom. The van der Waals surface area contributed by atoms with Crippen LogP contribution in [0.3, 0.4) is 0 Å². The van der Waals surface area contributed by atoms with E-state index in [-0.39, 0.29) is 0 Å². The predicted octanol–water partition coefficient (Wildman–Crippen LogP) is 13.7. The second-order valence-electron chi connectivity index (χ2n) is 13.9.